The zero-order chi connectivity index (χ0) is 42.7. The third kappa shape index (κ3) is 9.05. The van der Waals surface area contributed by atoms with Crippen LogP contribution in [0.3, 0.4) is 0 Å². The molecule has 2 saturated heterocycles. The van der Waals surface area contributed by atoms with Gasteiger partial charge in [0, 0.05) is 24.3 Å². The first-order valence-electron chi connectivity index (χ1n) is 18.0. The van der Waals surface area contributed by atoms with E-state index in [-0.39, 0.29) is 57.4 Å². The van der Waals surface area contributed by atoms with Gasteiger partial charge in [0.1, 0.15) is 54.2 Å². The number of aromatic hydroxyl groups is 2. The maximum Gasteiger partial charge on any atom is 0.331 e. The van der Waals surface area contributed by atoms with Crippen molar-refractivity contribution in [3.8, 4) is 28.7 Å². The second kappa shape index (κ2) is 18.2. The summed E-state index contributed by atoms with van der Waals surface area (Å²) < 4.78 is 49.0. The number of ether oxygens (including phenoxy) is 9. The second-order valence-electron chi connectivity index (χ2n) is 13.6. The number of carbonyl (C=O) groups excluding carboxylic acids is 1. The van der Waals surface area contributed by atoms with E-state index in [4.69, 9.17) is 37.9 Å². The Balaban J connectivity index is 1.31. The van der Waals surface area contributed by atoms with Crippen molar-refractivity contribution in [3.63, 3.8) is 0 Å². The van der Waals surface area contributed by atoms with Gasteiger partial charge in [-0.3, -0.25) is 0 Å². The van der Waals surface area contributed by atoms with E-state index in [1.807, 2.05) is 0 Å². The minimum Gasteiger partial charge on any atom is -0.571 e. The minimum atomic E-state index is -1.97. The summed E-state index contributed by atoms with van der Waals surface area (Å²) in [6.07, 6.45) is -12.3. The average Bonchev–Trinajstić information content (AvgIpc) is 3.22. The molecule has 0 spiro atoms. The number of phenolic OH excluding ortho intramolecular Hbond substituents is 2. The summed E-state index contributed by atoms with van der Waals surface area (Å²) in [4.78, 5) is 13.2. The van der Waals surface area contributed by atoms with Crippen molar-refractivity contribution in [2.75, 3.05) is 34.5 Å². The van der Waals surface area contributed by atoms with Crippen molar-refractivity contribution in [2.45, 2.75) is 67.5 Å². The molecule has 4 aliphatic rings. The Morgan fingerprint density at radius 2 is 1.46 bits per heavy atom. The minimum absolute atomic E-state index is 0.0390. The SMILES string of the molecule is COc1cc(C2=C(OC3OC(COC4OC(CO)C(O)C(O)C4O)C(OC(=O)C=Cc4cc(OC)c(O)c(OC)c4)C(O)C3O)C=C3C(O)=CC(O)=CC3[OH+]2)ccc1O. The van der Waals surface area contributed by atoms with Gasteiger partial charge in [-0.15, -0.1) is 0 Å². The van der Waals surface area contributed by atoms with Crippen LogP contribution in [0.15, 0.2) is 77.5 Å². The Hall–Kier alpha value is -5.55. The molecule has 320 valence electrons. The fraction of sp³-hybridized carbons (Fsp3) is 0.410. The van der Waals surface area contributed by atoms with Crippen LogP contribution in [0.4, 0.5) is 0 Å². The topological polar surface area (TPSA) is 306 Å². The zero-order valence-electron chi connectivity index (χ0n) is 31.6. The van der Waals surface area contributed by atoms with E-state index < -0.39 is 86.7 Å². The van der Waals surface area contributed by atoms with Crippen LogP contribution < -0.4 is 14.2 Å². The molecule has 11 unspecified atom stereocenters. The highest BCUT2D eigenvalue weighted by atomic mass is 16.7. The number of carbonyl (C=O) groups is 1. The van der Waals surface area contributed by atoms with Crippen molar-refractivity contribution >= 4 is 17.8 Å². The predicted molar refractivity (Wildman–Crippen MR) is 199 cm³/mol. The predicted octanol–water partition coefficient (Wildman–Crippen LogP) is -0.569. The molecule has 0 bridgehead atoms. The largest absolute Gasteiger partial charge is 0.571 e. The number of rotatable bonds is 13. The summed E-state index contributed by atoms with van der Waals surface area (Å²) in [7, 11) is 3.95. The first-order valence-corrected chi connectivity index (χ1v) is 18.0. The fourth-order valence-corrected chi connectivity index (χ4v) is 6.63. The van der Waals surface area contributed by atoms with E-state index in [9.17, 15) is 55.9 Å². The molecule has 3 heterocycles. The van der Waals surface area contributed by atoms with E-state index in [0.29, 0.717) is 11.1 Å². The first-order chi connectivity index (χ1) is 28.2. The second-order valence-corrected chi connectivity index (χ2v) is 13.6. The molecule has 6 rings (SSSR count). The molecule has 2 aromatic carbocycles. The van der Waals surface area contributed by atoms with E-state index in [1.54, 1.807) is 0 Å². The summed E-state index contributed by atoms with van der Waals surface area (Å²) in [6, 6.07) is 7.02. The van der Waals surface area contributed by atoms with Gasteiger partial charge in [-0.1, -0.05) is 0 Å². The Kier molecular flexibility index (Phi) is 13.2. The van der Waals surface area contributed by atoms with Crippen molar-refractivity contribution < 1.29 is 98.5 Å². The van der Waals surface area contributed by atoms with Gasteiger partial charge in [-0.25, -0.2) is 4.79 Å². The lowest BCUT2D eigenvalue weighted by Crippen LogP contribution is -2.62. The molecule has 2 fully saturated rings. The van der Waals surface area contributed by atoms with Crippen molar-refractivity contribution in [3.05, 3.63) is 88.6 Å². The molecular weight excluding hydrogens is 788 g/mol. The lowest BCUT2D eigenvalue weighted by molar-refractivity contribution is -0.327. The highest BCUT2D eigenvalue weighted by molar-refractivity contribution is 5.87. The van der Waals surface area contributed by atoms with Gasteiger partial charge in [-0.05, 0) is 35.9 Å². The van der Waals surface area contributed by atoms with Gasteiger partial charge in [0.2, 0.25) is 23.9 Å². The molecule has 2 aromatic rings. The third-order valence-corrected chi connectivity index (χ3v) is 9.79. The fourth-order valence-electron chi connectivity index (χ4n) is 6.63. The number of phenols is 2. The van der Waals surface area contributed by atoms with Gasteiger partial charge < -0.3 is 93.7 Å². The molecule has 20 nitrogen and oxygen atoms in total. The monoisotopic (exact) mass is 833 g/mol. The van der Waals surface area contributed by atoms with Crippen molar-refractivity contribution in [2.24, 2.45) is 0 Å². The maximum atomic E-state index is 13.2. The van der Waals surface area contributed by atoms with Crippen LogP contribution in [-0.4, -0.2) is 164 Å². The van der Waals surface area contributed by atoms with E-state index in [1.165, 1.54) is 69.9 Å². The molecule has 0 amide bonds. The van der Waals surface area contributed by atoms with Crippen LogP contribution in [0, 0.1) is 0 Å². The molecule has 11 atom stereocenters. The normalized spacial score (nSPS) is 30.7. The lowest BCUT2D eigenvalue weighted by Gasteiger charge is -2.43. The summed E-state index contributed by atoms with van der Waals surface area (Å²) >= 11 is 0. The molecule has 59 heavy (non-hydrogen) atoms. The quantitative estimate of drug-likeness (QED) is 0.0687. The molecule has 1 aliphatic carbocycles. The molecule has 20 heteroatoms. The van der Waals surface area contributed by atoms with E-state index >= 15 is 0 Å². The Bertz CT molecular complexity index is 1990. The smallest absolute Gasteiger partial charge is 0.331 e. The van der Waals surface area contributed by atoms with Crippen LogP contribution in [0.25, 0.3) is 11.8 Å². The average molecular weight is 834 g/mol. The molecular formula is C39H45O20+. The summed E-state index contributed by atoms with van der Waals surface area (Å²) in [5, 5.41) is 105. The molecule has 0 saturated carbocycles. The lowest BCUT2D eigenvalue weighted by atomic mass is 9.96. The zero-order valence-corrected chi connectivity index (χ0v) is 31.6. The van der Waals surface area contributed by atoms with E-state index in [2.05, 4.69) is 4.74 Å². The highest BCUT2D eigenvalue weighted by Crippen LogP contribution is 2.40. The summed E-state index contributed by atoms with van der Waals surface area (Å²) in [5.41, 5.74) is 0.810. The van der Waals surface area contributed by atoms with Crippen molar-refractivity contribution in [1.82, 2.24) is 0 Å². The van der Waals surface area contributed by atoms with Gasteiger partial charge in [0.15, 0.2) is 35.4 Å². The molecule has 11 N–H and O–H groups in total. The third-order valence-electron chi connectivity index (χ3n) is 9.79. The first kappa shape index (κ1) is 43.0. The Morgan fingerprint density at radius 3 is 2.12 bits per heavy atom. The van der Waals surface area contributed by atoms with Crippen LogP contribution in [0.5, 0.6) is 28.7 Å². The number of aliphatic hydroxyl groups excluding tert-OH is 8. The highest BCUT2D eigenvalue weighted by Gasteiger charge is 2.50. The Morgan fingerprint density at radius 1 is 0.797 bits per heavy atom. The van der Waals surface area contributed by atoms with Crippen LogP contribution in [0.1, 0.15) is 11.1 Å². The van der Waals surface area contributed by atoms with Gasteiger partial charge in [0.25, 0.3) is 0 Å². The molecule has 0 aromatic heterocycles. The Labute approximate surface area is 335 Å². The number of benzene rings is 2. The number of aliphatic hydroxyl groups is 10. The summed E-state index contributed by atoms with van der Waals surface area (Å²) in [6.45, 7) is -1.45. The van der Waals surface area contributed by atoms with Gasteiger partial charge in [-0.2, -0.15) is 0 Å². The van der Waals surface area contributed by atoms with Crippen LogP contribution in [0.2, 0.25) is 0 Å². The number of hydrogen-bond donors (Lipinski definition) is 10. The number of hydrogen-bond acceptors (Lipinski definition) is 19. The van der Waals surface area contributed by atoms with Crippen molar-refractivity contribution in [1.29, 1.82) is 0 Å². The van der Waals surface area contributed by atoms with Gasteiger partial charge >= 0.3 is 11.7 Å². The number of esters is 1. The standard InChI is InChI=1S/C39H44O20/c1-51-23-10-17(5-6-20(23)42)36-26(13-19-21(43)11-18(41)12-22(19)55-36)56-39-35(50)33(48)37(28(58-39)15-54-38-34(49)32(47)31(46)27(14-40)57-38)59-29(44)7-4-16-8-24(52-2)30(45)25(9-16)53-3/h4-13,22,27-28,31-35,37-43,45-50H,14-15H2,1-3H3/p+1. The van der Waals surface area contributed by atoms with Gasteiger partial charge in [0.05, 0.1) is 51.8 Å². The number of fused-ring (bicyclic) bond motifs is 1. The summed E-state index contributed by atoms with van der Waals surface area (Å²) in [5.74, 6) is -2.10. The number of methoxy groups -OCH3 is 3. The van der Waals surface area contributed by atoms with Crippen LogP contribution >= 0.6 is 0 Å². The van der Waals surface area contributed by atoms with Crippen LogP contribution in [-0.2, 0) is 28.5 Å². The van der Waals surface area contributed by atoms with E-state index in [0.717, 1.165) is 12.2 Å². The molecule has 0 radical (unpaired) electrons. The number of allylic oxidation sites excluding steroid dienone is 2. The maximum absolute atomic E-state index is 13.2. The molecule has 3 aliphatic heterocycles.